The number of allylic oxidation sites excluding steroid dienone is 1. The fourth-order valence-electron chi connectivity index (χ4n) is 1.17. The summed E-state index contributed by atoms with van der Waals surface area (Å²) in [5.74, 6) is 0. The SMILES string of the molecule is [B]C1=CSC(CNC(=O)OC(C)(C)C)C1. The van der Waals surface area contributed by atoms with Crippen molar-refractivity contribution in [1.82, 2.24) is 5.32 Å². The van der Waals surface area contributed by atoms with Crippen LogP contribution in [0.2, 0.25) is 0 Å². The van der Waals surface area contributed by atoms with Crippen molar-refractivity contribution in [2.45, 2.75) is 38.0 Å². The number of alkyl carbamates (subject to hydrolysis) is 1. The van der Waals surface area contributed by atoms with Crippen LogP contribution >= 0.6 is 11.8 Å². The summed E-state index contributed by atoms with van der Waals surface area (Å²) in [7, 11) is 5.63. The van der Waals surface area contributed by atoms with Gasteiger partial charge >= 0.3 is 6.09 Å². The minimum atomic E-state index is -0.440. The van der Waals surface area contributed by atoms with Crippen LogP contribution in [0.4, 0.5) is 4.79 Å². The smallest absolute Gasteiger partial charge is 0.407 e. The molecule has 1 heterocycles. The maximum absolute atomic E-state index is 11.3. The van der Waals surface area contributed by atoms with E-state index in [1.165, 1.54) is 0 Å². The van der Waals surface area contributed by atoms with Crippen LogP contribution in [0, 0.1) is 0 Å². The number of carbonyl (C=O) groups is 1. The molecule has 82 valence electrons. The van der Waals surface area contributed by atoms with Gasteiger partial charge in [0.1, 0.15) is 13.4 Å². The van der Waals surface area contributed by atoms with Crippen molar-refractivity contribution in [2.75, 3.05) is 6.54 Å². The lowest BCUT2D eigenvalue weighted by atomic mass is 9.93. The molecule has 0 fully saturated rings. The molecule has 1 unspecified atom stereocenters. The summed E-state index contributed by atoms with van der Waals surface area (Å²) < 4.78 is 5.12. The Kier molecular flexibility index (Phi) is 4.14. The average Bonchev–Trinajstić information content (AvgIpc) is 2.45. The van der Waals surface area contributed by atoms with Crippen molar-refractivity contribution in [3.05, 3.63) is 10.9 Å². The zero-order chi connectivity index (χ0) is 11.5. The van der Waals surface area contributed by atoms with Crippen LogP contribution in [-0.2, 0) is 4.74 Å². The molecule has 0 bridgehead atoms. The van der Waals surface area contributed by atoms with Gasteiger partial charge in [-0.15, -0.1) is 17.2 Å². The molecule has 1 rings (SSSR count). The number of nitrogens with one attached hydrogen (secondary N) is 1. The fourth-order valence-corrected chi connectivity index (χ4v) is 2.11. The molecule has 1 aliphatic heterocycles. The fraction of sp³-hybridized carbons (Fsp3) is 0.700. The monoisotopic (exact) mass is 225 g/mol. The van der Waals surface area contributed by atoms with Gasteiger partial charge in [0, 0.05) is 11.8 Å². The number of hydrogen-bond donors (Lipinski definition) is 1. The standard InChI is InChI=1S/C10H16BNO2S/c1-10(2,3)14-9(13)12-5-8-4-7(11)6-15-8/h6,8H,4-5H2,1-3H3,(H,12,13). The molecule has 1 aliphatic rings. The Labute approximate surface area is 96.4 Å². The second-order valence-corrected chi connectivity index (χ2v) is 5.71. The lowest BCUT2D eigenvalue weighted by molar-refractivity contribution is 0.0528. The highest BCUT2D eigenvalue weighted by atomic mass is 32.2. The number of carbonyl (C=O) groups excluding carboxylic acids is 1. The number of thioether (sulfide) groups is 1. The third-order valence-corrected chi connectivity index (χ3v) is 2.91. The van der Waals surface area contributed by atoms with Gasteiger partial charge in [-0.1, -0.05) is 0 Å². The average molecular weight is 225 g/mol. The minimum Gasteiger partial charge on any atom is -0.444 e. The van der Waals surface area contributed by atoms with Gasteiger partial charge in [-0.25, -0.2) is 4.79 Å². The molecular weight excluding hydrogens is 209 g/mol. The Morgan fingerprint density at radius 3 is 2.87 bits per heavy atom. The molecule has 1 amide bonds. The summed E-state index contributed by atoms with van der Waals surface area (Å²) in [5.41, 5.74) is 0.445. The van der Waals surface area contributed by atoms with Gasteiger partial charge in [0.25, 0.3) is 0 Å². The molecule has 0 saturated carbocycles. The second kappa shape index (κ2) is 4.97. The summed E-state index contributed by atoms with van der Waals surface area (Å²) in [6.07, 6.45) is 0.467. The van der Waals surface area contributed by atoms with Crippen LogP contribution in [0.15, 0.2) is 10.9 Å². The van der Waals surface area contributed by atoms with Gasteiger partial charge in [-0.2, -0.15) is 0 Å². The van der Waals surface area contributed by atoms with Crippen LogP contribution in [0.3, 0.4) is 0 Å². The van der Waals surface area contributed by atoms with E-state index in [9.17, 15) is 4.79 Å². The summed E-state index contributed by atoms with van der Waals surface area (Å²) in [6, 6.07) is 0. The van der Waals surface area contributed by atoms with Gasteiger partial charge in [-0.3, -0.25) is 0 Å². The predicted octanol–water partition coefficient (Wildman–Crippen LogP) is 2.03. The Balaban J connectivity index is 2.18. The Hall–Kier alpha value is -0.575. The lowest BCUT2D eigenvalue weighted by Crippen LogP contribution is -2.35. The summed E-state index contributed by atoms with van der Waals surface area (Å²) >= 11 is 1.65. The first-order valence-electron chi connectivity index (χ1n) is 4.93. The van der Waals surface area contributed by atoms with E-state index in [0.717, 1.165) is 11.9 Å². The Bertz CT molecular complexity index is 273. The Morgan fingerprint density at radius 2 is 2.40 bits per heavy atom. The van der Waals surface area contributed by atoms with Crippen LogP contribution in [-0.4, -0.2) is 31.3 Å². The molecule has 15 heavy (non-hydrogen) atoms. The molecule has 0 spiro atoms. The molecule has 0 aromatic carbocycles. The minimum absolute atomic E-state index is 0.345. The van der Waals surface area contributed by atoms with E-state index in [2.05, 4.69) is 5.32 Å². The summed E-state index contributed by atoms with van der Waals surface area (Å²) in [4.78, 5) is 11.3. The number of ether oxygens (including phenoxy) is 1. The van der Waals surface area contributed by atoms with E-state index in [1.54, 1.807) is 11.8 Å². The van der Waals surface area contributed by atoms with Gasteiger partial charge in [-0.05, 0) is 32.6 Å². The first-order valence-corrected chi connectivity index (χ1v) is 5.88. The van der Waals surface area contributed by atoms with Crippen molar-refractivity contribution < 1.29 is 9.53 Å². The highest BCUT2D eigenvalue weighted by Crippen LogP contribution is 2.27. The number of amides is 1. The zero-order valence-corrected chi connectivity index (χ0v) is 10.2. The normalized spacial score (nSPS) is 21.0. The number of rotatable bonds is 2. The van der Waals surface area contributed by atoms with E-state index in [0.29, 0.717) is 11.8 Å². The van der Waals surface area contributed by atoms with Crippen molar-refractivity contribution in [2.24, 2.45) is 0 Å². The van der Waals surface area contributed by atoms with Gasteiger partial charge in [0.15, 0.2) is 0 Å². The first kappa shape index (κ1) is 12.5. The van der Waals surface area contributed by atoms with Crippen LogP contribution in [0.1, 0.15) is 27.2 Å². The molecule has 0 aromatic heterocycles. The maximum Gasteiger partial charge on any atom is 0.407 e. The van der Waals surface area contributed by atoms with Crippen LogP contribution < -0.4 is 5.32 Å². The molecule has 3 nitrogen and oxygen atoms in total. The van der Waals surface area contributed by atoms with E-state index >= 15 is 0 Å². The van der Waals surface area contributed by atoms with E-state index in [1.807, 2.05) is 26.2 Å². The topological polar surface area (TPSA) is 38.3 Å². The van der Waals surface area contributed by atoms with Gasteiger partial charge in [0.05, 0.1) is 0 Å². The highest BCUT2D eigenvalue weighted by Gasteiger charge is 2.19. The number of hydrogen-bond acceptors (Lipinski definition) is 3. The highest BCUT2D eigenvalue weighted by molar-refractivity contribution is 8.03. The molecular formula is C10H16BNO2S. The van der Waals surface area contributed by atoms with Crippen molar-refractivity contribution in [3.8, 4) is 0 Å². The van der Waals surface area contributed by atoms with E-state index < -0.39 is 5.60 Å². The van der Waals surface area contributed by atoms with Crippen LogP contribution in [0.25, 0.3) is 0 Å². The summed E-state index contributed by atoms with van der Waals surface area (Å²) in [6.45, 7) is 6.13. The molecule has 2 radical (unpaired) electrons. The molecule has 1 atom stereocenters. The van der Waals surface area contributed by atoms with Crippen molar-refractivity contribution in [1.29, 1.82) is 0 Å². The van der Waals surface area contributed by atoms with Crippen molar-refractivity contribution in [3.63, 3.8) is 0 Å². The van der Waals surface area contributed by atoms with Gasteiger partial charge in [0.2, 0.25) is 0 Å². The third kappa shape index (κ3) is 5.16. The molecule has 0 aliphatic carbocycles. The lowest BCUT2D eigenvalue weighted by Gasteiger charge is -2.20. The molecule has 5 heteroatoms. The first-order chi connectivity index (χ1) is 6.87. The van der Waals surface area contributed by atoms with Crippen molar-refractivity contribution >= 4 is 25.7 Å². The summed E-state index contributed by atoms with van der Waals surface area (Å²) in [5, 5.41) is 5.01. The van der Waals surface area contributed by atoms with E-state index in [-0.39, 0.29) is 6.09 Å². The second-order valence-electron chi connectivity index (χ2n) is 4.54. The molecule has 0 aromatic rings. The third-order valence-electron chi connectivity index (χ3n) is 1.75. The molecule has 0 saturated heterocycles. The zero-order valence-electron chi connectivity index (χ0n) is 9.37. The van der Waals surface area contributed by atoms with E-state index in [4.69, 9.17) is 12.6 Å². The quantitative estimate of drug-likeness (QED) is 0.730. The maximum atomic E-state index is 11.3. The predicted molar refractivity (Wildman–Crippen MR) is 64.1 cm³/mol. The largest absolute Gasteiger partial charge is 0.444 e. The van der Waals surface area contributed by atoms with Gasteiger partial charge < -0.3 is 10.1 Å². The molecule has 1 N–H and O–H groups in total. The Morgan fingerprint density at radius 1 is 1.73 bits per heavy atom. The van der Waals surface area contributed by atoms with Crippen LogP contribution in [0.5, 0.6) is 0 Å².